The molecule has 3 N–H and O–H groups in total. The molecule has 0 saturated heterocycles. The molecule has 1 aliphatic rings. The lowest BCUT2D eigenvalue weighted by molar-refractivity contribution is 0.141. The summed E-state index contributed by atoms with van der Waals surface area (Å²) in [6, 6.07) is 0. The molecule has 112 valence electrons. The van der Waals surface area contributed by atoms with Crippen molar-refractivity contribution in [2.75, 3.05) is 40.0 Å². The van der Waals surface area contributed by atoms with E-state index < -0.39 is 0 Å². The SMILES string of the molecule is CCNC(=NCC1(CCOC)CCCC1)NCCO. The quantitative estimate of drug-likeness (QED) is 0.457. The van der Waals surface area contributed by atoms with Crippen molar-refractivity contribution in [1.82, 2.24) is 10.6 Å². The van der Waals surface area contributed by atoms with Crippen LogP contribution in [-0.2, 0) is 4.74 Å². The highest BCUT2D eigenvalue weighted by atomic mass is 16.5. The summed E-state index contributed by atoms with van der Waals surface area (Å²) in [5.74, 6) is 0.806. The first-order chi connectivity index (χ1) is 9.26. The highest BCUT2D eigenvalue weighted by Crippen LogP contribution is 2.41. The first-order valence-corrected chi connectivity index (χ1v) is 7.38. The maximum absolute atomic E-state index is 8.87. The number of guanidine groups is 1. The smallest absolute Gasteiger partial charge is 0.191 e. The van der Waals surface area contributed by atoms with Crippen LogP contribution in [0.4, 0.5) is 0 Å². The lowest BCUT2D eigenvalue weighted by Gasteiger charge is -2.27. The van der Waals surface area contributed by atoms with Gasteiger partial charge in [-0.1, -0.05) is 12.8 Å². The first kappa shape index (κ1) is 16.2. The van der Waals surface area contributed by atoms with Crippen LogP contribution in [0, 0.1) is 5.41 Å². The standard InChI is InChI=1S/C14H29N3O2/c1-3-15-13(16-9-10-18)17-12-14(8-11-19-2)6-4-5-7-14/h18H,3-12H2,1-2H3,(H2,15,16,17). The van der Waals surface area contributed by atoms with Crippen LogP contribution in [0.2, 0.25) is 0 Å². The van der Waals surface area contributed by atoms with Gasteiger partial charge in [-0.05, 0) is 31.6 Å². The third-order valence-electron chi connectivity index (χ3n) is 3.82. The fraction of sp³-hybridized carbons (Fsp3) is 0.929. The van der Waals surface area contributed by atoms with E-state index in [0.29, 0.717) is 12.0 Å². The van der Waals surface area contributed by atoms with Gasteiger partial charge < -0.3 is 20.5 Å². The summed E-state index contributed by atoms with van der Waals surface area (Å²) in [5, 5.41) is 15.2. The molecule has 19 heavy (non-hydrogen) atoms. The average Bonchev–Trinajstić information content (AvgIpc) is 2.89. The van der Waals surface area contributed by atoms with E-state index in [0.717, 1.165) is 32.1 Å². The Morgan fingerprint density at radius 3 is 2.63 bits per heavy atom. The number of hydrogen-bond donors (Lipinski definition) is 3. The molecule has 0 unspecified atom stereocenters. The Bertz CT molecular complexity index is 263. The maximum atomic E-state index is 8.87. The zero-order chi connectivity index (χ0) is 14.0. The fourth-order valence-electron chi connectivity index (χ4n) is 2.69. The normalized spacial score (nSPS) is 18.6. The van der Waals surface area contributed by atoms with Crippen molar-refractivity contribution < 1.29 is 9.84 Å². The third kappa shape index (κ3) is 5.78. The fourth-order valence-corrected chi connectivity index (χ4v) is 2.69. The van der Waals surface area contributed by atoms with Gasteiger partial charge in [-0.25, -0.2) is 0 Å². The molecule has 1 rings (SSSR count). The molecule has 0 aromatic carbocycles. The van der Waals surface area contributed by atoms with E-state index in [1.165, 1.54) is 25.7 Å². The van der Waals surface area contributed by atoms with Gasteiger partial charge in [0, 0.05) is 33.4 Å². The summed E-state index contributed by atoms with van der Waals surface area (Å²) in [7, 11) is 1.76. The minimum atomic E-state index is 0.124. The van der Waals surface area contributed by atoms with Crippen molar-refractivity contribution >= 4 is 5.96 Å². The van der Waals surface area contributed by atoms with Gasteiger partial charge in [0.2, 0.25) is 0 Å². The Hall–Kier alpha value is -0.810. The molecular weight excluding hydrogens is 242 g/mol. The number of rotatable bonds is 8. The zero-order valence-electron chi connectivity index (χ0n) is 12.4. The average molecular weight is 271 g/mol. The minimum Gasteiger partial charge on any atom is -0.395 e. The van der Waals surface area contributed by atoms with Crippen LogP contribution in [0.15, 0.2) is 4.99 Å². The molecule has 0 aromatic heterocycles. The Balaban J connectivity index is 2.55. The second kappa shape index (κ2) is 9.15. The number of hydrogen-bond acceptors (Lipinski definition) is 3. The molecule has 0 atom stereocenters. The Kier molecular flexibility index (Phi) is 7.82. The van der Waals surface area contributed by atoms with E-state index in [4.69, 9.17) is 9.84 Å². The van der Waals surface area contributed by atoms with Crippen LogP contribution < -0.4 is 10.6 Å². The summed E-state index contributed by atoms with van der Waals surface area (Å²) in [6.07, 6.45) is 6.20. The van der Waals surface area contributed by atoms with Gasteiger partial charge in [0.05, 0.1) is 6.61 Å². The predicted molar refractivity (Wildman–Crippen MR) is 78.5 cm³/mol. The van der Waals surface area contributed by atoms with E-state index in [9.17, 15) is 0 Å². The summed E-state index contributed by atoms with van der Waals surface area (Å²) < 4.78 is 5.24. The molecule has 0 radical (unpaired) electrons. The summed E-state index contributed by atoms with van der Waals surface area (Å²) in [6.45, 7) is 5.21. The number of aliphatic imine (C=N–C) groups is 1. The van der Waals surface area contributed by atoms with E-state index in [1.807, 2.05) is 6.92 Å². The molecule has 0 aliphatic heterocycles. The minimum absolute atomic E-state index is 0.124. The highest BCUT2D eigenvalue weighted by Gasteiger charge is 2.33. The second-order valence-corrected chi connectivity index (χ2v) is 5.30. The topological polar surface area (TPSA) is 65.9 Å². The van der Waals surface area contributed by atoms with Crippen LogP contribution in [-0.4, -0.2) is 51.0 Å². The molecule has 0 aromatic rings. The van der Waals surface area contributed by atoms with Crippen LogP contribution in [0.5, 0.6) is 0 Å². The Morgan fingerprint density at radius 1 is 1.32 bits per heavy atom. The number of methoxy groups -OCH3 is 1. The van der Waals surface area contributed by atoms with Crippen molar-refractivity contribution in [1.29, 1.82) is 0 Å². The van der Waals surface area contributed by atoms with Gasteiger partial charge in [0.25, 0.3) is 0 Å². The highest BCUT2D eigenvalue weighted by molar-refractivity contribution is 5.79. The van der Waals surface area contributed by atoms with E-state index in [-0.39, 0.29) is 6.61 Å². The van der Waals surface area contributed by atoms with Gasteiger partial charge in [-0.3, -0.25) is 4.99 Å². The molecule has 0 amide bonds. The van der Waals surface area contributed by atoms with E-state index >= 15 is 0 Å². The lowest BCUT2D eigenvalue weighted by atomic mass is 9.83. The summed E-state index contributed by atoms with van der Waals surface area (Å²) >= 11 is 0. The second-order valence-electron chi connectivity index (χ2n) is 5.30. The molecule has 1 aliphatic carbocycles. The van der Waals surface area contributed by atoms with Crippen molar-refractivity contribution in [2.45, 2.75) is 39.0 Å². The number of aliphatic hydroxyl groups excluding tert-OH is 1. The number of aliphatic hydroxyl groups is 1. The van der Waals surface area contributed by atoms with Crippen molar-refractivity contribution in [2.24, 2.45) is 10.4 Å². The molecule has 1 fully saturated rings. The van der Waals surface area contributed by atoms with Crippen LogP contribution >= 0.6 is 0 Å². The third-order valence-corrected chi connectivity index (χ3v) is 3.82. The van der Waals surface area contributed by atoms with Crippen LogP contribution in [0.25, 0.3) is 0 Å². The number of ether oxygens (including phenoxy) is 1. The van der Waals surface area contributed by atoms with Crippen LogP contribution in [0.1, 0.15) is 39.0 Å². The van der Waals surface area contributed by atoms with E-state index in [2.05, 4.69) is 15.6 Å². The molecule has 0 heterocycles. The van der Waals surface area contributed by atoms with Gasteiger partial charge in [-0.2, -0.15) is 0 Å². The number of nitrogens with zero attached hydrogens (tertiary/aromatic N) is 1. The Morgan fingerprint density at radius 2 is 2.05 bits per heavy atom. The summed E-state index contributed by atoms with van der Waals surface area (Å²) in [5.41, 5.74) is 0.317. The van der Waals surface area contributed by atoms with Gasteiger partial charge in [0.1, 0.15) is 0 Å². The van der Waals surface area contributed by atoms with Crippen molar-refractivity contribution in [3.63, 3.8) is 0 Å². The van der Waals surface area contributed by atoms with Crippen molar-refractivity contribution in [3.05, 3.63) is 0 Å². The maximum Gasteiger partial charge on any atom is 0.191 e. The molecule has 0 bridgehead atoms. The molecule has 5 heteroatoms. The monoisotopic (exact) mass is 271 g/mol. The lowest BCUT2D eigenvalue weighted by Crippen LogP contribution is -2.39. The first-order valence-electron chi connectivity index (χ1n) is 7.38. The van der Waals surface area contributed by atoms with Gasteiger partial charge in [-0.15, -0.1) is 0 Å². The van der Waals surface area contributed by atoms with Gasteiger partial charge >= 0.3 is 0 Å². The van der Waals surface area contributed by atoms with E-state index in [1.54, 1.807) is 7.11 Å². The van der Waals surface area contributed by atoms with Crippen molar-refractivity contribution in [3.8, 4) is 0 Å². The molecule has 1 saturated carbocycles. The zero-order valence-corrected chi connectivity index (χ0v) is 12.4. The van der Waals surface area contributed by atoms with Gasteiger partial charge in [0.15, 0.2) is 5.96 Å². The largest absolute Gasteiger partial charge is 0.395 e. The predicted octanol–water partition coefficient (Wildman–Crippen LogP) is 1.13. The van der Waals surface area contributed by atoms with Crippen LogP contribution in [0.3, 0.4) is 0 Å². The summed E-state index contributed by atoms with van der Waals surface area (Å²) in [4.78, 5) is 4.69. The Labute approximate surface area is 116 Å². The molecule has 0 spiro atoms. The molecular formula is C14H29N3O2. The molecule has 5 nitrogen and oxygen atoms in total. The number of nitrogens with one attached hydrogen (secondary N) is 2.